The van der Waals surface area contributed by atoms with Crippen molar-refractivity contribution in [2.75, 3.05) is 0 Å². The zero-order chi connectivity index (χ0) is 16.1. The van der Waals surface area contributed by atoms with E-state index in [-0.39, 0.29) is 18.6 Å². The minimum absolute atomic E-state index is 0.120. The smallest absolute Gasteiger partial charge is 0.287 e. The van der Waals surface area contributed by atoms with Gasteiger partial charge in [-0.3, -0.25) is 4.79 Å². The lowest BCUT2D eigenvalue weighted by molar-refractivity contribution is 0.0907. The van der Waals surface area contributed by atoms with E-state index >= 15 is 0 Å². The van der Waals surface area contributed by atoms with Crippen molar-refractivity contribution in [3.05, 3.63) is 52.4 Å². The van der Waals surface area contributed by atoms with E-state index in [1.165, 1.54) is 0 Å². The summed E-state index contributed by atoms with van der Waals surface area (Å²) in [7, 11) is 0. The third-order valence-electron chi connectivity index (χ3n) is 3.39. The number of carbonyl (C=O) groups is 1. The molecule has 0 fully saturated rings. The molecular weight excluding hydrogens is 302 g/mol. The van der Waals surface area contributed by atoms with Gasteiger partial charge in [0.15, 0.2) is 5.76 Å². The SMILES string of the molecule is CCC(C)NC(=O)c1ccc(COc2ccc(Cl)c(C)c2)o1. The fraction of sp³-hybridized carbons (Fsp3) is 0.353. The Bertz CT molecular complexity index is 651. The Balaban J connectivity index is 1.94. The fourth-order valence-corrected chi connectivity index (χ4v) is 1.95. The number of aryl methyl sites for hydroxylation is 1. The molecule has 0 bridgehead atoms. The van der Waals surface area contributed by atoms with Crippen LogP contribution in [0.3, 0.4) is 0 Å². The monoisotopic (exact) mass is 321 g/mol. The zero-order valence-corrected chi connectivity index (χ0v) is 13.7. The number of carbonyl (C=O) groups excluding carboxylic acids is 1. The number of hydrogen-bond donors (Lipinski definition) is 1. The molecule has 1 atom stereocenters. The second kappa shape index (κ2) is 7.36. The van der Waals surface area contributed by atoms with Crippen molar-refractivity contribution in [1.29, 1.82) is 0 Å². The maximum atomic E-state index is 11.9. The molecule has 1 aromatic carbocycles. The topological polar surface area (TPSA) is 51.5 Å². The molecule has 0 spiro atoms. The van der Waals surface area contributed by atoms with Crippen LogP contribution in [0.4, 0.5) is 0 Å². The maximum absolute atomic E-state index is 11.9. The van der Waals surface area contributed by atoms with Crippen LogP contribution in [-0.4, -0.2) is 11.9 Å². The molecule has 5 heteroatoms. The molecule has 0 aliphatic carbocycles. The van der Waals surface area contributed by atoms with E-state index in [9.17, 15) is 4.79 Å². The first-order chi connectivity index (χ1) is 10.5. The summed E-state index contributed by atoms with van der Waals surface area (Å²) >= 11 is 5.97. The van der Waals surface area contributed by atoms with Gasteiger partial charge in [0.2, 0.25) is 0 Å². The van der Waals surface area contributed by atoms with Crippen LogP contribution < -0.4 is 10.1 Å². The largest absolute Gasteiger partial charge is 0.486 e. The van der Waals surface area contributed by atoms with E-state index in [2.05, 4.69) is 5.32 Å². The Morgan fingerprint density at radius 3 is 2.82 bits per heavy atom. The van der Waals surface area contributed by atoms with Crippen LogP contribution in [0.5, 0.6) is 5.75 Å². The Labute approximate surface area is 135 Å². The van der Waals surface area contributed by atoms with Gasteiger partial charge in [-0.2, -0.15) is 0 Å². The summed E-state index contributed by atoms with van der Waals surface area (Å²) in [6.45, 7) is 6.14. The molecule has 1 amide bonds. The van der Waals surface area contributed by atoms with E-state index in [0.717, 1.165) is 12.0 Å². The van der Waals surface area contributed by atoms with Crippen molar-refractivity contribution < 1.29 is 13.9 Å². The first kappa shape index (κ1) is 16.4. The normalized spacial score (nSPS) is 12.0. The Kier molecular flexibility index (Phi) is 5.50. The quantitative estimate of drug-likeness (QED) is 0.860. The first-order valence-corrected chi connectivity index (χ1v) is 7.66. The summed E-state index contributed by atoms with van der Waals surface area (Å²) in [5.41, 5.74) is 0.951. The van der Waals surface area contributed by atoms with Crippen molar-refractivity contribution in [3.8, 4) is 5.75 Å². The van der Waals surface area contributed by atoms with Gasteiger partial charge in [-0.1, -0.05) is 18.5 Å². The molecule has 1 unspecified atom stereocenters. The highest BCUT2D eigenvalue weighted by molar-refractivity contribution is 6.31. The lowest BCUT2D eigenvalue weighted by Gasteiger charge is -2.09. The van der Waals surface area contributed by atoms with Crippen molar-refractivity contribution in [3.63, 3.8) is 0 Å². The third-order valence-corrected chi connectivity index (χ3v) is 3.81. The van der Waals surface area contributed by atoms with Gasteiger partial charge in [0.1, 0.15) is 18.1 Å². The van der Waals surface area contributed by atoms with Gasteiger partial charge < -0.3 is 14.5 Å². The lowest BCUT2D eigenvalue weighted by atomic mass is 10.2. The maximum Gasteiger partial charge on any atom is 0.287 e. The van der Waals surface area contributed by atoms with Gasteiger partial charge in [-0.25, -0.2) is 0 Å². The molecule has 1 N–H and O–H groups in total. The van der Waals surface area contributed by atoms with Crippen LogP contribution in [0.25, 0.3) is 0 Å². The highest BCUT2D eigenvalue weighted by Crippen LogP contribution is 2.22. The molecule has 4 nitrogen and oxygen atoms in total. The Morgan fingerprint density at radius 1 is 1.36 bits per heavy atom. The Hall–Kier alpha value is -1.94. The van der Waals surface area contributed by atoms with Gasteiger partial charge in [0.25, 0.3) is 5.91 Å². The van der Waals surface area contributed by atoms with Gasteiger partial charge in [-0.15, -0.1) is 0 Å². The van der Waals surface area contributed by atoms with E-state index in [4.69, 9.17) is 20.8 Å². The van der Waals surface area contributed by atoms with Gasteiger partial charge in [0.05, 0.1) is 0 Å². The average molecular weight is 322 g/mol. The Morgan fingerprint density at radius 2 is 2.14 bits per heavy atom. The average Bonchev–Trinajstić information content (AvgIpc) is 2.97. The van der Waals surface area contributed by atoms with Gasteiger partial charge >= 0.3 is 0 Å². The number of ether oxygens (including phenoxy) is 1. The van der Waals surface area contributed by atoms with Crippen molar-refractivity contribution >= 4 is 17.5 Å². The second-order valence-corrected chi connectivity index (χ2v) is 5.66. The summed E-state index contributed by atoms with van der Waals surface area (Å²) in [6.07, 6.45) is 0.873. The molecule has 1 aromatic heterocycles. The molecule has 0 radical (unpaired) electrons. The van der Waals surface area contributed by atoms with E-state index < -0.39 is 0 Å². The summed E-state index contributed by atoms with van der Waals surface area (Å²) in [5, 5.41) is 3.56. The number of furan rings is 1. The summed E-state index contributed by atoms with van der Waals surface area (Å²) < 4.78 is 11.1. The molecule has 0 aliphatic rings. The van der Waals surface area contributed by atoms with Crippen LogP contribution in [-0.2, 0) is 6.61 Å². The lowest BCUT2D eigenvalue weighted by Crippen LogP contribution is -2.31. The predicted octanol–water partition coefficient (Wildman–Crippen LogP) is 4.35. The van der Waals surface area contributed by atoms with Crippen LogP contribution in [0.1, 0.15) is 42.1 Å². The fourth-order valence-electron chi connectivity index (χ4n) is 1.84. The van der Waals surface area contributed by atoms with Crippen molar-refractivity contribution in [1.82, 2.24) is 5.32 Å². The zero-order valence-electron chi connectivity index (χ0n) is 13.0. The summed E-state index contributed by atoms with van der Waals surface area (Å²) in [4.78, 5) is 11.9. The number of hydrogen-bond acceptors (Lipinski definition) is 3. The third kappa shape index (κ3) is 4.28. The number of amides is 1. The first-order valence-electron chi connectivity index (χ1n) is 7.28. The van der Waals surface area contributed by atoms with Crippen LogP contribution >= 0.6 is 11.6 Å². The molecule has 0 aliphatic heterocycles. The van der Waals surface area contributed by atoms with E-state index in [0.29, 0.717) is 22.3 Å². The number of nitrogens with one attached hydrogen (secondary N) is 1. The minimum Gasteiger partial charge on any atom is -0.486 e. The number of halogens is 1. The van der Waals surface area contributed by atoms with Crippen LogP contribution in [0.2, 0.25) is 5.02 Å². The second-order valence-electron chi connectivity index (χ2n) is 5.25. The molecule has 2 aromatic rings. The van der Waals surface area contributed by atoms with E-state index in [1.807, 2.05) is 26.8 Å². The molecule has 0 saturated heterocycles. The number of rotatable bonds is 6. The van der Waals surface area contributed by atoms with Gasteiger partial charge in [-0.05, 0) is 56.2 Å². The molecule has 2 rings (SSSR count). The molecule has 0 saturated carbocycles. The van der Waals surface area contributed by atoms with Crippen molar-refractivity contribution in [2.45, 2.75) is 39.8 Å². The highest BCUT2D eigenvalue weighted by atomic mass is 35.5. The molecule has 1 heterocycles. The van der Waals surface area contributed by atoms with Crippen molar-refractivity contribution in [2.24, 2.45) is 0 Å². The minimum atomic E-state index is -0.206. The standard InChI is InChI=1S/C17H20ClNO3/c1-4-12(3)19-17(20)16-8-6-14(22-16)10-21-13-5-7-15(18)11(2)9-13/h5-9,12H,4,10H2,1-3H3,(H,19,20). The number of benzene rings is 1. The van der Waals surface area contributed by atoms with E-state index in [1.54, 1.807) is 24.3 Å². The molecule has 22 heavy (non-hydrogen) atoms. The highest BCUT2D eigenvalue weighted by Gasteiger charge is 2.13. The van der Waals surface area contributed by atoms with Crippen LogP contribution in [0.15, 0.2) is 34.7 Å². The summed E-state index contributed by atoms with van der Waals surface area (Å²) in [5.74, 6) is 1.40. The van der Waals surface area contributed by atoms with Gasteiger partial charge in [0, 0.05) is 11.1 Å². The summed E-state index contributed by atoms with van der Waals surface area (Å²) in [6, 6.07) is 8.97. The van der Waals surface area contributed by atoms with Crippen LogP contribution in [0, 0.1) is 6.92 Å². The molecular formula is C17H20ClNO3. The molecule has 118 valence electrons. The predicted molar refractivity (Wildman–Crippen MR) is 86.4 cm³/mol.